The number of nitrogens with zero attached hydrogens (tertiary/aromatic N) is 2. The second kappa shape index (κ2) is 6.45. The molecule has 0 amide bonds. The van der Waals surface area contributed by atoms with Crippen molar-refractivity contribution in [3.63, 3.8) is 0 Å². The molecule has 2 heterocycles. The van der Waals surface area contributed by atoms with Gasteiger partial charge in [0.25, 0.3) is 0 Å². The lowest BCUT2D eigenvalue weighted by Crippen LogP contribution is -2.07. The van der Waals surface area contributed by atoms with Gasteiger partial charge in [-0.3, -0.25) is 4.79 Å². The van der Waals surface area contributed by atoms with Crippen LogP contribution in [0.15, 0.2) is 11.5 Å². The van der Waals surface area contributed by atoms with Crippen LogP contribution >= 0.6 is 11.5 Å². The molecular weight excluding hydrogens is 290 g/mol. The Morgan fingerprint density at radius 2 is 2.19 bits per heavy atom. The molecule has 2 aromatic heterocycles. The molecule has 0 atom stereocenters. The standard InChI is InChI=1S/C14H15N3O3S/c1-4-20-14(19)12-8(2)13(15-9(12)3)11(18)6-5-10-7-21-17-16-10/h5-7,15H,4H2,1-3H3/b6-5+. The van der Waals surface area contributed by atoms with Crippen LogP contribution in [-0.4, -0.2) is 32.9 Å². The van der Waals surface area contributed by atoms with Gasteiger partial charge in [0.05, 0.1) is 23.6 Å². The number of rotatable bonds is 5. The number of esters is 1. The second-order valence-corrected chi connectivity index (χ2v) is 4.98. The zero-order chi connectivity index (χ0) is 15.4. The lowest BCUT2D eigenvalue weighted by Gasteiger charge is -2.01. The predicted octanol–water partition coefficient (Wildman–Crippen LogP) is 2.56. The molecule has 110 valence electrons. The topological polar surface area (TPSA) is 84.9 Å². The first-order chi connectivity index (χ1) is 10.0. The molecule has 1 N–H and O–H groups in total. The van der Waals surface area contributed by atoms with Crippen molar-refractivity contribution >= 4 is 29.4 Å². The van der Waals surface area contributed by atoms with E-state index in [0.717, 1.165) is 0 Å². The van der Waals surface area contributed by atoms with Crippen molar-refractivity contribution in [2.75, 3.05) is 6.61 Å². The number of ether oxygens (including phenoxy) is 1. The first-order valence-corrected chi connectivity index (χ1v) is 7.24. The number of hydrogen-bond donors (Lipinski definition) is 1. The Morgan fingerprint density at radius 1 is 1.43 bits per heavy atom. The highest BCUT2D eigenvalue weighted by Crippen LogP contribution is 2.20. The molecular formula is C14H15N3O3S. The summed E-state index contributed by atoms with van der Waals surface area (Å²) in [6, 6.07) is 0. The highest BCUT2D eigenvalue weighted by Gasteiger charge is 2.21. The van der Waals surface area contributed by atoms with Crippen molar-refractivity contribution in [3.05, 3.63) is 39.7 Å². The van der Waals surface area contributed by atoms with Gasteiger partial charge in [0, 0.05) is 11.1 Å². The summed E-state index contributed by atoms with van der Waals surface area (Å²) < 4.78 is 8.71. The number of hydrogen-bond acceptors (Lipinski definition) is 6. The lowest BCUT2D eigenvalue weighted by molar-refractivity contribution is 0.0525. The van der Waals surface area contributed by atoms with Crippen molar-refractivity contribution in [1.29, 1.82) is 0 Å². The molecule has 7 heteroatoms. The van der Waals surface area contributed by atoms with Gasteiger partial charge in [-0.15, -0.1) is 5.10 Å². The summed E-state index contributed by atoms with van der Waals surface area (Å²) in [5, 5.41) is 5.56. The summed E-state index contributed by atoms with van der Waals surface area (Å²) in [7, 11) is 0. The Morgan fingerprint density at radius 3 is 2.81 bits per heavy atom. The Kier molecular flexibility index (Phi) is 4.64. The maximum absolute atomic E-state index is 12.2. The van der Waals surface area contributed by atoms with Gasteiger partial charge in [-0.2, -0.15) is 0 Å². The third kappa shape index (κ3) is 3.25. The summed E-state index contributed by atoms with van der Waals surface area (Å²) in [5.74, 6) is -0.644. The molecule has 0 radical (unpaired) electrons. The summed E-state index contributed by atoms with van der Waals surface area (Å²) in [4.78, 5) is 27.0. The number of nitrogens with one attached hydrogen (secondary N) is 1. The van der Waals surface area contributed by atoms with E-state index in [-0.39, 0.29) is 5.78 Å². The van der Waals surface area contributed by atoms with Gasteiger partial charge in [-0.05, 0) is 50.0 Å². The summed E-state index contributed by atoms with van der Waals surface area (Å²) in [6.07, 6.45) is 3.00. The van der Waals surface area contributed by atoms with Crippen molar-refractivity contribution in [2.24, 2.45) is 0 Å². The zero-order valence-electron chi connectivity index (χ0n) is 12.0. The smallest absolute Gasteiger partial charge is 0.340 e. The number of ketones is 1. The van der Waals surface area contributed by atoms with Crippen LogP contribution in [0, 0.1) is 13.8 Å². The van der Waals surface area contributed by atoms with E-state index in [9.17, 15) is 9.59 Å². The molecule has 0 fully saturated rings. The minimum absolute atomic E-state index is 0.223. The van der Waals surface area contributed by atoms with Crippen LogP contribution in [-0.2, 0) is 4.74 Å². The fourth-order valence-electron chi connectivity index (χ4n) is 1.99. The van der Waals surface area contributed by atoms with E-state index >= 15 is 0 Å². The van der Waals surface area contributed by atoms with Crippen LogP contribution in [0.3, 0.4) is 0 Å². The normalized spacial score (nSPS) is 11.0. The van der Waals surface area contributed by atoms with Crippen LogP contribution in [0.5, 0.6) is 0 Å². The molecule has 0 aliphatic heterocycles. The van der Waals surface area contributed by atoms with Crippen molar-refractivity contribution in [2.45, 2.75) is 20.8 Å². The third-order valence-corrected chi connectivity index (χ3v) is 3.47. The number of aryl methyl sites for hydroxylation is 1. The van der Waals surface area contributed by atoms with E-state index in [1.807, 2.05) is 0 Å². The molecule has 0 unspecified atom stereocenters. The minimum Gasteiger partial charge on any atom is -0.462 e. The van der Waals surface area contributed by atoms with Crippen molar-refractivity contribution in [1.82, 2.24) is 14.6 Å². The van der Waals surface area contributed by atoms with E-state index in [2.05, 4.69) is 14.6 Å². The van der Waals surface area contributed by atoms with Crippen LogP contribution < -0.4 is 0 Å². The fourth-order valence-corrected chi connectivity index (χ4v) is 2.42. The number of aromatic amines is 1. The highest BCUT2D eigenvalue weighted by molar-refractivity contribution is 7.03. The number of carbonyl (C=O) groups is 2. The quantitative estimate of drug-likeness (QED) is 0.521. The third-order valence-electron chi connectivity index (χ3n) is 2.95. The molecule has 0 aliphatic carbocycles. The van der Waals surface area contributed by atoms with Crippen molar-refractivity contribution < 1.29 is 14.3 Å². The molecule has 0 saturated heterocycles. The summed E-state index contributed by atoms with van der Waals surface area (Å²) in [6.45, 7) is 5.50. The Labute approximate surface area is 126 Å². The molecule has 2 aromatic rings. The first-order valence-electron chi connectivity index (χ1n) is 6.40. The molecule has 2 rings (SSSR count). The van der Waals surface area contributed by atoms with E-state index in [0.29, 0.717) is 34.8 Å². The lowest BCUT2D eigenvalue weighted by atomic mass is 10.1. The molecule has 0 saturated carbocycles. The van der Waals surface area contributed by atoms with Gasteiger partial charge in [0.1, 0.15) is 0 Å². The van der Waals surface area contributed by atoms with Crippen LogP contribution in [0.2, 0.25) is 0 Å². The molecule has 0 aromatic carbocycles. The Hall–Kier alpha value is -2.28. The van der Waals surface area contributed by atoms with Gasteiger partial charge in [0.15, 0.2) is 0 Å². The van der Waals surface area contributed by atoms with Gasteiger partial charge < -0.3 is 9.72 Å². The highest BCUT2D eigenvalue weighted by atomic mass is 32.1. The maximum Gasteiger partial charge on any atom is 0.340 e. The van der Waals surface area contributed by atoms with Crippen molar-refractivity contribution in [3.8, 4) is 0 Å². The summed E-state index contributed by atoms with van der Waals surface area (Å²) >= 11 is 1.21. The molecule has 6 nitrogen and oxygen atoms in total. The van der Waals surface area contributed by atoms with Crippen LogP contribution in [0.4, 0.5) is 0 Å². The minimum atomic E-state index is -0.421. The number of allylic oxidation sites excluding steroid dienone is 1. The molecule has 0 bridgehead atoms. The first kappa shape index (κ1) is 15.1. The number of H-pyrrole nitrogens is 1. The largest absolute Gasteiger partial charge is 0.462 e. The maximum atomic E-state index is 12.2. The molecule has 0 spiro atoms. The van der Waals surface area contributed by atoms with Gasteiger partial charge in [-0.1, -0.05) is 4.49 Å². The molecule has 21 heavy (non-hydrogen) atoms. The van der Waals surface area contributed by atoms with Gasteiger partial charge in [-0.25, -0.2) is 4.79 Å². The SMILES string of the molecule is CCOC(=O)c1c(C)[nH]c(C(=O)/C=C/c2csnn2)c1C. The predicted molar refractivity (Wildman–Crippen MR) is 79.5 cm³/mol. The Bertz CT molecular complexity index is 687. The Balaban J connectivity index is 2.26. The van der Waals surface area contributed by atoms with Gasteiger partial charge in [0.2, 0.25) is 5.78 Å². The van der Waals surface area contributed by atoms with E-state index in [1.165, 1.54) is 17.6 Å². The zero-order valence-corrected chi connectivity index (χ0v) is 12.8. The molecule has 0 aliphatic rings. The van der Waals surface area contributed by atoms with Crippen LogP contribution in [0.1, 0.15) is 44.7 Å². The monoisotopic (exact) mass is 305 g/mol. The van der Waals surface area contributed by atoms with E-state index in [1.54, 1.807) is 32.2 Å². The fraction of sp³-hybridized carbons (Fsp3) is 0.286. The van der Waals surface area contributed by atoms with E-state index < -0.39 is 5.97 Å². The second-order valence-electron chi connectivity index (χ2n) is 4.37. The average molecular weight is 305 g/mol. The summed E-state index contributed by atoms with van der Waals surface area (Å²) in [5.41, 5.74) is 2.65. The van der Waals surface area contributed by atoms with E-state index in [4.69, 9.17) is 4.74 Å². The van der Waals surface area contributed by atoms with Crippen LogP contribution in [0.25, 0.3) is 6.08 Å². The number of aromatic nitrogens is 3. The van der Waals surface area contributed by atoms with Gasteiger partial charge >= 0.3 is 5.97 Å². The average Bonchev–Trinajstić information content (AvgIpc) is 3.04. The number of carbonyl (C=O) groups excluding carboxylic acids is 2.